The molecule has 2 amide bonds. The average molecular weight is 425 g/mol. The molecule has 0 saturated carbocycles. The van der Waals surface area contributed by atoms with Gasteiger partial charge in [-0.3, -0.25) is 15.0 Å². The van der Waals surface area contributed by atoms with Crippen LogP contribution in [0.15, 0.2) is 53.7 Å². The number of fused-ring (bicyclic) bond motifs is 1. The summed E-state index contributed by atoms with van der Waals surface area (Å²) in [6, 6.07) is 9.40. The number of hydrogen-bond acceptors (Lipinski definition) is 7. The van der Waals surface area contributed by atoms with Crippen molar-refractivity contribution in [3.63, 3.8) is 0 Å². The highest BCUT2D eigenvalue weighted by Crippen LogP contribution is 2.39. The second-order valence-corrected chi connectivity index (χ2v) is 6.82. The van der Waals surface area contributed by atoms with Crippen molar-refractivity contribution in [2.45, 2.75) is 19.9 Å². The summed E-state index contributed by atoms with van der Waals surface area (Å²) in [5.74, 6) is 0.472. The highest BCUT2D eigenvalue weighted by Gasteiger charge is 2.37. The van der Waals surface area contributed by atoms with Crippen LogP contribution >= 0.6 is 0 Å². The Morgan fingerprint density at radius 1 is 1.23 bits per heavy atom. The zero-order valence-corrected chi connectivity index (χ0v) is 16.8. The summed E-state index contributed by atoms with van der Waals surface area (Å²) >= 11 is 0. The lowest BCUT2D eigenvalue weighted by Crippen LogP contribution is -2.48. The van der Waals surface area contributed by atoms with Gasteiger partial charge in [-0.05, 0) is 43.7 Å². The number of hydrogen-bond donors (Lipinski definition) is 1. The van der Waals surface area contributed by atoms with E-state index in [4.69, 9.17) is 14.2 Å². The Kier molecular flexibility index (Phi) is 5.20. The fourth-order valence-electron chi connectivity index (χ4n) is 3.59. The van der Waals surface area contributed by atoms with Crippen LogP contribution in [0.3, 0.4) is 0 Å². The molecule has 0 bridgehead atoms. The first-order valence-corrected chi connectivity index (χ1v) is 9.53. The van der Waals surface area contributed by atoms with E-state index in [-0.39, 0.29) is 24.7 Å². The Morgan fingerprint density at radius 3 is 2.61 bits per heavy atom. The number of carbonyl (C=O) groups excluding carboxylic acids is 2. The number of nitrogens with zero attached hydrogens (tertiary/aromatic N) is 2. The summed E-state index contributed by atoms with van der Waals surface area (Å²) in [4.78, 5) is 37.7. The maximum Gasteiger partial charge on any atom is 0.338 e. The molecule has 0 radical (unpaired) electrons. The third-order valence-electron chi connectivity index (χ3n) is 5.03. The molecule has 0 saturated heterocycles. The molecule has 1 N–H and O–H groups in total. The normalized spacial score (nSPS) is 17.4. The number of esters is 1. The average Bonchev–Trinajstić information content (AvgIpc) is 3.21. The SMILES string of the molecule is CCOC(=O)C1=C(C)N(c2ccc3c(c2)OCO3)C(=O)NC1c1ccc([N+](=O)[O-])cc1. The number of anilines is 1. The van der Waals surface area contributed by atoms with E-state index in [9.17, 15) is 19.7 Å². The minimum Gasteiger partial charge on any atom is -0.463 e. The number of amides is 2. The van der Waals surface area contributed by atoms with Crippen LogP contribution in [-0.2, 0) is 9.53 Å². The topological polar surface area (TPSA) is 120 Å². The number of rotatable bonds is 5. The lowest BCUT2D eigenvalue weighted by atomic mass is 9.94. The number of nitro benzene ring substituents is 1. The quantitative estimate of drug-likeness (QED) is 0.443. The zero-order valence-electron chi connectivity index (χ0n) is 16.8. The summed E-state index contributed by atoms with van der Waals surface area (Å²) < 4.78 is 15.9. The maximum absolute atomic E-state index is 13.0. The summed E-state index contributed by atoms with van der Waals surface area (Å²) in [6.07, 6.45) is 0. The van der Waals surface area contributed by atoms with Gasteiger partial charge in [0, 0.05) is 23.9 Å². The van der Waals surface area contributed by atoms with Crippen molar-refractivity contribution in [1.29, 1.82) is 0 Å². The van der Waals surface area contributed by atoms with Crippen LogP contribution in [0.2, 0.25) is 0 Å². The molecule has 10 nitrogen and oxygen atoms in total. The van der Waals surface area contributed by atoms with Crippen LogP contribution in [0.25, 0.3) is 0 Å². The van der Waals surface area contributed by atoms with E-state index in [1.165, 1.54) is 29.2 Å². The molecule has 0 aliphatic carbocycles. The number of non-ortho nitro benzene ring substituents is 1. The van der Waals surface area contributed by atoms with Gasteiger partial charge >= 0.3 is 12.0 Å². The first-order chi connectivity index (χ1) is 14.9. The van der Waals surface area contributed by atoms with Crippen molar-refractivity contribution < 1.29 is 28.7 Å². The molecule has 0 fully saturated rings. The van der Waals surface area contributed by atoms with Crippen molar-refractivity contribution in [2.75, 3.05) is 18.3 Å². The number of allylic oxidation sites excluding steroid dienone is 1. The van der Waals surface area contributed by atoms with Crippen molar-refractivity contribution in [1.82, 2.24) is 5.32 Å². The summed E-state index contributed by atoms with van der Waals surface area (Å²) in [5, 5.41) is 13.8. The molecule has 2 aromatic carbocycles. The Hall–Kier alpha value is -4.08. The van der Waals surface area contributed by atoms with Gasteiger partial charge in [-0.15, -0.1) is 0 Å². The van der Waals surface area contributed by atoms with Crippen LogP contribution in [0.4, 0.5) is 16.2 Å². The second kappa shape index (κ2) is 7.98. The van der Waals surface area contributed by atoms with Crippen LogP contribution in [0, 0.1) is 10.1 Å². The predicted octanol–water partition coefficient (Wildman–Crippen LogP) is 3.43. The monoisotopic (exact) mass is 425 g/mol. The third kappa shape index (κ3) is 3.63. The number of nitro groups is 1. The van der Waals surface area contributed by atoms with E-state index >= 15 is 0 Å². The van der Waals surface area contributed by atoms with Crippen molar-refractivity contribution in [3.8, 4) is 11.5 Å². The number of ether oxygens (including phenoxy) is 3. The molecular formula is C21H19N3O7. The van der Waals surface area contributed by atoms with Gasteiger partial charge in [0.15, 0.2) is 11.5 Å². The van der Waals surface area contributed by atoms with Gasteiger partial charge in [0.05, 0.1) is 28.8 Å². The second-order valence-electron chi connectivity index (χ2n) is 6.82. The van der Waals surface area contributed by atoms with Crippen LogP contribution in [0.1, 0.15) is 25.5 Å². The van der Waals surface area contributed by atoms with Gasteiger partial charge < -0.3 is 19.5 Å². The predicted molar refractivity (Wildman–Crippen MR) is 109 cm³/mol. The molecule has 0 spiro atoms. The number of carbonyl (C=O) groups is 2. The van der Waals surface area contributed by atoms with Crippen LogP contribution in [-0.4, -0.2) is 30.3 Å². The molecule has 2 aliphatic heterocycles. The van der Waals surface area contributed by atoms with E-state index in [1.807, 2.05) is 0 Å². The Balaban J connectivity index is 1.78. The molecule has 10 heteroatoms. The first-order valence-electron chi connectivity index (χ1n) is 9.53. The minimum atomic E-state index is -0.822. The Morgan fingerprint density at radius 2 is 1.94 bits per heavy atom. The van der Waals surface area contributed by atoms with Gasteiger partial charge in [0.25, 0.3) is 5.69 Å². The highest BCUT2D eigenvalue weighted by molar-refractivity contribution is 6.03. The largest absolute Gasteiger partial charge is 0.463 e. The summed E-state index contributed by atoms with van der Waals surface area (Å²) in [5.41, 5.74) is 1.53. The molecule has 31 heavy (non-hydrogen) atoms. The van der Waals surface area contributed by atoms with Crippen LogP contribution < -0.4 is 19.7 Å². The van der Waals surface area contributed by atoms with E-state index in [2.05, 4.69) is 5.32 Å². The van der Waals surface area contributed by atoms with Crippen molar-refractivity contribution in [3.05, 3.63) is 69.4 Å². The van der Waals surface area contributed by atoms with Gasteiger partial charge in [0.2, 0.25) is 6.79 Å². The first kappa shape index (κ1) is 20.2. The maximum atomic E-state index is 13.0. The summed E-state index contributed by atoms with van der Waals surface area (Å²) in [6.45, 7) is 3.58. The van der Waals surface area contributed by atoms with E-state index < -0.39 is 23.0 Å². The molecule has 0 aromatic heterocycles. The van der Waals surface area contributed by atoms with Crippen molar-refractivity contribution in [2.24, 2.45) is 0 Å². The lowest BCUT2D eigenvalue weighted by molar-refractivity contribution is -0.384. The zero-order chi connectivity index (χ0) is 22.1. The van der Waals surface area contributed by atoms with Gasteiger partial charge in [-0.1, -0.05) is 0 Å². The van der Waals surface area contributed by atoms with Gasteiger partial charge in [-0.2, -0.15) is 0 Å². The third-order valence-corrected chi connectivity index (χ3v) is 5.03. The van der Waals surface area contributed by atoms with Gasteiger partial charge in [-0.25, -0.2) is 9.59 Å². The van der Waals surface area contributed by atoms with E-state index in [1.54, 1.807) is 32.0 Å². The molecular weight excluding hydrogens is 406 g/mol. The Labute approximate surface area is 177 Å². The fraction of sp³-hybridized carbons (Fsp3) is 0.238. The van der Waals surface area contributed by atoms with E-state index in [0.29, 0.717) is 28.4 Å². The molecule has 4 rings (SSSR count). The molecule has 1 unspecified atom stereocenters. The number of nitrogens with one attached hydrogen (secondary N) is 1. The van der Waals surface area contributed by atoms with Crippen LogP contribution in [0.5, 0.6) is 11.5 Å². The lowest BCUT2D eigenvalue weighted by Gasteiger charge is -2.35. The molecule has 2 aromatic rings. The summed E-state index contributed by atoms with van der Waals surface area (Å²) in [7, 11) is 0. The van der Waals surface area contributed by atoms with E-state index in [0.717, 1.165) is 0 Å². The standard InChI is InChI=1S/C21H19N3O7/c1-3-29-20(25)18-12(2)23(15-8-9-16-17(10-15)31-11-30-16)21(26)22-19(18)13-4-6-14(7-5-13)24(27)28/h4-10,19H,3,11H2,1-2H3,(H,22,26). The fourth-order valence-corrected chi connectivity index (χ4v) is 3.59. The molecule has 2 heterocycles. The smallest absolute Gasteiger partial charge is 0.338 e. The Bertz CT molecular complexity index is 1090. The number of benzene rings is 2. The van der Waals surface area contributed by atoms with Crippen molar-refractivity contribution >= 4 is 23.4 Å². The van der Waals surface area contributed by atoms with Gasteiger partial charge in [0.1, 0.15) is 0 Å². The number of urea groups is 1. The minimum absolute atomic E-state index is 0.0914. The molecule has 1 atom stereocenters. The highest BCUT2D eigenvalue weighted by atomic mass is 16.7. The molecule has 160 valence electrons. The molecule has 2 aliphatic rings.